The first-order valence-corrected chi connectivity index (χ1v) is 6.11. The van der Waals surface area contributed by atoms with Crippen LogP contribution in [0.2, 0.25) is 0 Å². The van der Waals surface area contributed by atoms with Crippen LogP contribution in [-0.4, -0.2) is 19.6 Å². The zero-order chi connectivity index (χ0) is 14.3. The number of alkyl halides is 3. The van der Waals surface area contributed by atoms with Gasteiger partial charge in [0.2, 0.25) is 0 Å². The molecule has 0 radical (unpaired) electrons. The van der Waals surface area contributed by atoms with Gasteiger partial charge in [-0.3, -0.25) is 0 Å². The Kier molecular flexibility index (Phi) is 6.11. The number of hydrogen-bond acceptors (Lipinski definition) is 3. The lowest BCUT2D eigenvalue weighted by molar-refractivity contribution is -0.274. The van der Waals surface area contributed by atoms with Crippen LogP contribution in [0.15, 0.2) is 24.3 Å². The fraction of sp³-hybridized carbons (Fsp3) is 0.538. The van der Waals surface area contributed by atoms with Gasteiger partial charge in [-0.1, -0.05) is 19.1 Å². The standard InChI is InChI=1S/C13H18F3NO2/c1-2-7-18-8-6-12(17)10-4-3-5-11(9-10)19-13(14,15)16/h3-5,9,12H,2,6-8,17H2,1H3. The maximum atomic E-state index is 12.1. The summed E-state index contributed by atoms with van der Waals surface area (Å²) in [5, 5.41) is 0. The molecule has 0 amide bonds. The van der Waals surface area contributed by atoms with E-state index in [1.54, 1.807) is 6.07 Å². The van der Waals surface area contributed by atoms with Crippen LogP contribution in [0.5, 0.6) is 5.75 Å². The van der Waals surface area contributed by atoms with E-state index in [0.717, 1.165) is 6.42 Å². The van der Waals surface area contributed by atoms with E-state index in [0.29, 0.717) is 25.2 Å². The molecule has 1 atom stereocenters. The lowest BCUT2D eigenvalue weighted by atomic mass is 10.1. The molecule has 0 saturated heterocycles. The minimum Gasteiger partial charge on any atom is -0.406 e. The van der Waals surface area contributed by atoms with Crippen molar-refractivity contribution in [1.29, 1.82) is 0 Å². The third-order valence-corrected chi connectivity index (χ3v) is 2.44. The van der Waals surface area contributed by atoms with Crippen LogP contribution in [0, 0.1) is 0 Å². The van der Waals surface area contributed by atoms with E-state index in [9.17, 15) is 13.2 Å². The lowest BCUT2D eigenvalue weighted by Gasteiger charge is -2.14. The first kappa shape index (κ1) is 15.8. The average Bonchev–Trinajstić information content (AvgIpc) is 2.32. The second-order valence-corrected chi connectivity index (χ2v) is 4.13. The molecular formula is C13H18F3NO2. The number of ether oxygens (including phenoxy) is 2. The first-order chi connectivity index (χ1) is 8.92. The molecule has 108 valence electrons. The highest BCUT2D eigenvalue weighted by atomic mass is 19.4. The minimum absolute atomic E-state index is 0.255. The Balaban J connectivity index is 2.55. The van der Waals surface area contributed by atoms with Crippen molar-refractivity contribution in [2.24, 2.45) is 5.73 Å². The lowest BCUT2D eigenvalue weighted by Crippen LogP contribution is -2.18. The zero-order valence-electron chi connectivity index (χ0n) is 10.7. The Labute approximate surface area is 110 Å². The average molecular weight is 277 g/mol. The number of rotatable bonds is 7. The van der Waals surface area contributed by atoms with Gasteiger partial charge in [-0.15, -0.1) is 13.2 Å². The highest BCUT2D eigenvalue weighted by molar-refractivity contribution is 5.30. The first-order valence-electron chi connectivity index (χ1n) is 6.11. The van der Waals surface area contributed by atoms with E-state index in [4.69, 9.17) is 10.5 Å². The summed E-state index contributed by atoms with van der Waals surface area (Å²) in [5.41, 5.74) is 6.49. The smallest absolute Gasteiger partial charge is 0.406 e. The largest absolute Gasteiger partial charge is 0.573 e. The van der Waals surface area contributed by atoms with Crippen LogP contribution < -0.4 is 10.5 Å². The highest BCUT2D eigenvalue weighted by Gasteiger charge is 2.31. The topological polar surface area (TPSA) is 44.5 Å². The summed E-state index contributed by atoms with van der Waals surface area (Å²) >= 11 is 0. The van der Waals surface area contributed by atoms with E-state index in [2.05, 4.69) is 4.74 Å². The van der Waals surface area contributed by atoms with Crippen molar-refractivity contribution in [2.45, 2.75) is 32.2 Å². The van der Waals surface area contributed by atoms with Gasteiger partial charge in [0, 0.05) is 19.3 Å². The third kappa shape index (κ3) is 6.45. The summed E-state index contributed by atoms with van der Waals surface area (Å²) in [4.78, 5) is 0. The Morgan fingerprint density at radius 3 is 2.63 bits per heavy atom. The van der Waals surface area contributed by atoms with Crippen molar-refractivity contribution >= 4 is 0 Å². The molecule has 0 bridgehead atoms. The molecule has 0 heterocycles. The zero-order valence-corrected chi connectivity index (χ0v) is 10.7. The van der Waals surface area contributed by atoms with Crippen molar-refractivity contribution in [2.75, 3.05) is 13.2 Å². The molecule has 6 heteroatoms. The van der Waals surface area contributed by atoms with Crippen LogP contribution in [0.4, 0.5) is 13.2 Å². The predicted octanol–water partition coefficient (Wildman–Crippen LogP) is 3.40. The quantitative estimate of drug-likeness (QED) is 0.777. The number of nitrogens with two attached hydrogens (primary N) is 1. The molecule has 0 aliphatic carbocycles. The van der Waals surface area contributed by atoms with Gasteiger partial charge in [0.1, 0.15) is 5.75 Å². The van der Waals surface area contributed by atoms with Crippen LogP contribution in [0.25, 0.3) is 0 Å². The van der Waals surface area contributed by atoms with Crippen molar-refractivity contribution in [3.8, 4) is 5.75 Å². The Morgan fingerprint density at radius 1 is 1.26 bits per heavy atom. The molecule has 1 aromatic carbocycles. The SMILES string of the molecule is CCCOCCC(N)c1cccc(OC(F)(F)F)c1. The van der Waals surface area contributed by atoms with Crippen LogP contribution in [-0.2, 0) is 4.74 Å². The van der Waals surface area contributed by atoms with Gasteiger partial charge < -0.3 is 15.2 Å². The number of benzene rings is 1. The Hall–Kier alpha value is -1.27. The maximum absolute atomic E-state index is 12.1. The molecule has 19 heavy (non-hydrogen) atoms. The van der Waals surface area contributed by atoms with E-state index in [1.165, 1.54) is 18.2 Å². The second kappa shape index (κ2) is 7.35. The third-order valence-electron chi connectivity index (χ3n) is 2.44. The van der Waals surface area contributed by atoms with Gasteiger partial charge in [-0.2, -0.15) is 0 Å². The fourth-order valence-electron chi connectivity index (χ4n) is 1.57. The molecule has 0 spiro atoms. The van der Waals surface area contributed by atoms with Crippen LogP contribution in [0.3, 0.4) is 0 Å². The molecular weight excluding hydrogens is 259 g/mol. The molecule has 3 nitrogen and oxygen atoms in total. The molecule has 1 rings (SSSR count). The fourth-order valence-corrected chi connectivity index (χ4v) is 1.57. The summed E-state index contributed by atoms with van der Waals surface area (Å²) in [6, 6.07) is 5.35. The van der Waals surface area contributed by atoms with Gasteiger partial charge in [-0.05, 0) is 30.5 Å². The summed E-state index contributed by atoms with van der Waals surface area (Å²) in [6.45, 7) is 3.14. The van der Waals surface area contributed by atoms with Gasteiger partial charge in [0.05, 0.1) is 0 Å². The number of halogens is 3. The van der Waals surface area contributed by atoms with Gasteiger partial charge in [-0.25, -0.2) is 0 Å². The molecule has 1 aromatic rings. The normalized spacial score (nSPS) is 13.3. The molecule has 1 unspecified atom stereocenters. The Morgan fingerprint density at radius 2 is 2.00 bits per heavy atom. The molecule has 0 aliphatic rings. The van der Waals surface area contributed by atoms with E-state index < -0.39 is 6.36 Å². The van der Waals surface area contributed by atoms with Crippen molar-refractivity contribution in [3.63, 3.8) is 0 Å². The highest BCUT2D eigenvalue weighted by Crippen LogP contribution is 2.25. The Bertz CT molecular complexity index is 382. The maximum Gasteiger partial charge on any atom is 0.573 e. The second-order valence-electron chi connectivity index (χ2n) is 4.13. The van der Waals surface area contributed by atoms with Gasteiger partial charge >= 0.3 is 6.36 Å². The summed E-state index contributed by atoms with van der Waals surface area (Å²) in [7, 11) is 0. The van der Waals surface area contributed by atoms with Crippen molar-refractivity contribution in [1.82, 2.24) is 0 Å². The minimum atomic E-state index is -4.69. The molecule has 2 N–H and O–H groups in total. The summed E-state index contributed by atoms with van der Waals surface area (Å²) in [6.07, 6.45) is -3.22. The van der Waals surface area contributed by atoms with E-state index in [-0.39, 0.29) is 11.8 Å². The monoisotopic (exact) mass is 277 g/mol. The van der Waals surface area contributed by atoms with Crippen LogP contribution in [0.1, 0.15) is 31.4 Å². The van der Waals surface area contributed by atoms with E-state index in [1.807, 2.05) is 6.92 Å². The van der Waals surface area contributed by atoms with Crippen molar-refractivity contribution in [3.05, 3.63) is 29.8 Å². The summed E-state index contributed by atoms with van der Waals surface area (Å²) in [5.74, 6) is -0.255. The molecule has 0 aromatic heterocycles. The van der Waals surface area contributed by atoms with Crippen LogP contribution >= 0.6 is 0 Å². The molecule has 0 fully saturated rings. The molecule has 0 aliphatic heterocycles. The number of hydrogen-bond donors (Lipinski definition) is 1. The van der Waals surface area contributed by atoms with E-state index >= 15 is 0 Å². The predicted molar refractivity (Wildman–Crippen MR) is 65.8 cm³/mol. The van der Waals surface area contributed by atoms with Crippen molar-refractivity contribution < 1.29 is 22.6 Å². The van der Waals surface area contributed by atoms with Gasteiger partial charge in [0.25, 0.3) is 0 Å². The summed E-state index contributed by atoms with van der Waals surface area (Å²) < 4.78 is 45.4. The van der Waals surface area contributed by atoms with Gasteiger partial charge in [0.15, 0.2) is 0 Å². The molecule has 0 saturated carbocycles.